The molecular formula is C18H25N3O2. The Bertz CT molecular complexity index is 571. The topological polar surface area (TPSA) is 46.4 Å². The van der Waals surface area contributed by atoms with E-state index in [2.05, 4.69) is 36.0 Å². The number of benzene rings is 1. The van der Waals surface area contributed by atoms with Crippen molar-refractivity contribution in [1.82, 2.24) is 4.90 Å². The van der Waals surface area contributed by atoms with E-state index in [1.54, 1.807) is 0 Å². The van der Waals surface area contributed by atoms with Gasteiger partial charge in [-0.1, -0.05) is 37.3 Å². The van der Waals surface area contributed by atoms with Gasteiger partial charge in [0, 0.05) is 13.0 Å². The van der Waals surface area contributed by atoms with Crippen molar-refractivity contribution in [1.29, 1.82) is 0 Å². The highest BCUT2D eigenvalue weighted by Gasteiger charge is 2.21. The first-order chi connectivity index (χ1) is 11.2. The van der Waals surface area contributed by atoms with Crippen molar-refractivity contribution in [3.05, 3.63) is 35.9 Å². The Morgan fingerprint density at radius 2 is 1.87 bits per heavy atom. The van der Waals surface area contributed by atoms with Gasteiger partial charge in [-0.2, -0.15) is 0 Å². The monoisotopic (exact) mass is 315 g/mol. The molecule has 0 amide bonds. The molecular weight excluding hydrogens is 290 g/mol. The number of likely N-dealkylation sites (N-methyl/N-ethyl adjacent to an activating group) is 1. The van der Waals surface area contributed by atoms with Crippen molar-refractivity contribution in [2.24, 2.45) is 9.98 Å². The zero-order valence-electron chi connectivity index (χ0n) is 13.9. The van der Waals surface area contributed by atoms with Gasteiger partial charge in [-0.05, 0) is 19.0 Å². The van der Waals surface area contributed by atoms with Crippen LogP contribution in [0.2, 0.25) is 0 Å². The molecule has 0 saturated heterocycles. The van der Waals surface area contributed by atoms with Gasteiger partial charge in [0.05, 0.1) is 12.6 Å². The highest BCUT2D eigenvalue weighted by atomic mass is 16.5. The van der Waals surface area contributed by atoms with Crippen LogP contribution in [0.1, 0.15) is 31.4 Å². The Morgan fingerprint density at radius 1 is 1.09 bits per heavy atom. The van der Waals surface area contributed by atoms with E-state index in [9.17, 15) is 0 Å². The molecule has 2 aliphatic heterocycles. The van der Waals surface area contributed by atoms with Crippen LogP contribution in [0.5, 0.6) is 0 Å². The van der Waals surface area contributed by atoms with Crippen molar-refractivity contribution in [2.75, 3.05) is 33.4 Å². The second kappa shape index (κ2) is 7.59. The maximum Gasteiger partial charge on any atom is 0.198 e. The molecule has 5 heteroatoms. The van der Waals surface area contributed by atoms with Crippen LogP contribution in [0.3, 0.4) is 0 Å². The van der Waals surface area contributed by atoms with Gasteiger partial charge in [0.25, 0.3) is 0 Å². The van der Waals surface area contributed by atoms with E-state index < -0.39 is 0 Å². The van der Waals surface area contributed by atoms with Gasteiger partial charge in [-0.25, -0.2) is 9.98 Å². The first-order valence-corrected chi connectivity index (χ1v) is 8.37. The lowest BCUT2D eigenvalue weighted by atomic mass is 10.1. The molecule has 2 heterocycles. The lowest BCUT2D eigenvalue weighted by Crippen LogP contribution is -2.28. The van der Waals surface area contributed by atoms with Crippen LogP contribution in [-0.2, 0) is 9.47 Å². The van der Waals surface area contributed by atoms with Crippen LogP contribution < -0.4 is 0 Å². The standard InChI is InChI=1S/C18H25N3O2/c1-3-15-12-22-18(19-15)11-21(2)10-9-17-20-16(13-23-17)14-7-5-4-6-8-14/h4-8,15-16H,3,9-13H2,1-2H3/t15-,16+/m1/s1. The average Bonchev–Trinajstić information content (AvgIpc) is 3.23. The van der Waals surface area contributed by atoms with Gasteiger partial charge in [0.1, 0.15) is 19.3 Å². The zero-order chi connectivity index (χ0) is 16.1. The summed E-state index contributed by atoms with van der Waals surface area (Å²) in [5, 5.41) is 0. The SMILES string of the molecule is CC[C@@H]1COC(CN(C)CCC2=N[C@H](c3ccccc3)CO2)=N1. The summed E-state index contributed by atoms with van der Waals surface area (Å²) in [4.78, 5) is 11.5. The van der Waals surface area contributed by atoms with Crippen LogP contribution in [0.25, 0.3) is 0 Å². The Labute approximate surface area is 138 Å². The summed E-state index contributed by atoms with van der Waals surface area (Å²) >= 11 is 0. The Kier molecular flexibility index (Phi) is 5.28. The molecule has 124 valence electrons. The average molecular weight is 315 g/mol. The second-order valence-corrected chi connectivity index (χ2v) is 6.14. The first-order valence-electron chi connectivity index (χ1n) is 8.37. The van der Waals surface area contributed by atoms with E-state index in [1.807, 2.05) is 18.2 Å². The predicted octanol–water partition coefficient (Wildman–Crippen LogP) is 2.69. The largest absolute Gasteiger partial charge is 0.478 e. The van der Waals surface area contributed by atoms with Gasteiger partial charge in [-0.15, -0.1) is 0 Å². The van der Waals surface area contributed by atoms with Crippen molar-refractivity contribution >= 4 is 11.8 Å². The molecule has 2 atom stereocenters. The van der Waals surface area contributed by atoms with Crippen molar-refractivity contribution in [2.45, 2.75) is 31.8 Å². The number of hydrogen-bond donors (Lipinski definition) is 0. The summed E-state index contributed by atoms with van der Waals surface area (Å²) < 4.78 is 11.4. The van der Waals surface area contributed by atoms with Gasteiger partial charge >= 0.3 is 0 Å². The number of nitrogens with zero attached hydrogens (tertiary/aromatic N) is 3. The molecule has 0 aliphatic carbocycles. The van der Waals surface area contributed by atoms with E-state index in [4.69, 9.17) is 14.5 Å². The molecule has 0 spiro atoms. The summed E-state index contributed by atoms with van der Waals surface area (Å²) in [6, 6.07) is 10.8. The predicted molar refractivity (Wildman–Crippen MR) is 92.2 cm³/mol. The molecule has 5 nitrogen and oxygen atoms in total. The molecule has 1 aromatic rings. The molecule has 2 aliphatic rings. The molecule has 0 aromatic heterocycles. The first kappa shape index (κ1) is 16.0. The fourth-order valence-corrected chi connectivity index (χ4v) is 2.77. The zero-order valence-corrected chi connectivity index (χ0v) is 13.9. The molecule has 3 rings (SSSR count). The summed E-state index contributed by atoms with van der Waals surface area (Å²) in [6.07, 6.45) is 1.86. The van der Waals surface area contributed by atoms with Crippen LogP contribution in [0, 0.1) is 0 Å². The smallest absolute Gasteiger partial charge is 0.198 e. The molecule has 0 saturated carbocycles. The van der Waals surface area contributed by atoms with E-state index in [-0.39, 0.29) is 6.04 Å². The summed E-state index contributed by atoms with van der Waals surface area (Å²) in [7, 11) is 2.08. The van der Waals surface area contributed by atoms with Crippen LogP contribution >= 0.6 is 0 Å². The Morgan fingerprint density at radius 3 is 2.61 bits per heavy atom. The van der Waals surface area contributed by atoms with Gasteiger partial charge in [0.2, 0.25) is 0 Å². The lowest BCUT2D eigenvalue weighted by Gasteiger charge is -2.15. The molecule has 0 unspecified atom stereocenters. The van der Waals surface area contributed by atoms with E-state index >= 15 is 0 Å². The van der Waals surface area contributed by atoms with E-state index in [1.165, 1.54) is 5.56 Å². The van der Waals surface area contributed by atoms with Crippen LogP contribution in [0.4, 0.5) is 0 Å². The van der Waals surface area contributed by atoms with Crippen molar-refractivity contribution in [3.63, 3.8) is 0 Å². The minimum Gasteiger partial charge on any atom is -0.478 e. The quantitative estimate of drug-likeness (QED) is 0.777. The maximum absolute atomic E-state index is 5.74. The maximum atomic E-state index is 5.74. The minimum absolute atomic E-state index is 0.143. The summed E-state index contributed by atoms with van der Waals surface area (Å²) in [5.41, 5.74) is 1.22. The third kappa shape index (κ3) is 4.32. The molecule has 0 radical (unpaired) electrons. The van der Waals surface area contributed by atoms with Crippen LogP contribution in [0.15, 0.2) is 40.3 Å². The molecule has 0 N–H and O–H groups in total. The fraction of sp³-hybridized carbons (Fsp3) is 0.556. The number of rotatable bonds is 7. The van der Waals surface area contributed by atoms with Gasteiger partial charge in [-0.3, -0.25) is 4.90 Å². The summed E-state index contributed by atoms with van der Waals surface area (Å²) in [5.74, 6) is 1.71. The number of ether oxygens (including phenoxy) is 2. The van der Waals surface area contributed by atoms with Crippen molar-refractivity contribution in [3.8, 4) is 0 Å². The molecule has 0 fully saturated rings. The highest BCUT2D eigenvalue weighted by Crippen LogP contribution is 2.23. The summed E-state index contributed by atoms with van der Waals surface area (Å²) in [6.45, 7) is 5.17. The van der Waals surface area contributed by atoms with Crippen molar-refractivity contribution < 1.29 is 9.47 Å². The lowest BCUT2D eigenvalue weighted by molar-refractivity contribution is 0.280. The third-order valence-corrected chi connectivity index (χ3v) is 4.24. The number of aliphatic imine (C=N–C) groups is 2. The highest BCUT2D eigenvalue weighted by molar-refractivity contribution is 5.80. The van der Waals surface area contributed by atoms with Gasteiger partial charge < -0.3 is 9.47 Å². The molecule has 23 heavy (non-hydrogen) atoms. The molecule has 1 aromatic carbocycles. The van der Waals surface area contributed by atoms with Gasteiger partial charge in [0.15, 0.2) is 11.8 Å². The number of hydrogen-bond acceptors (Lipinski definition) is 5. The third-order valence-electron chi connectivity index (χ3n) is 4.24. The normalized spacial score (nSPS) is 23.4. The molecule has 0 bridgehead atoms. The van der Waals surface area contributed by atoms with E-state index in [0.717, 1.165) is 44.3 Å². The second-order valence-electron chi connectivity index (χ2n) is 6.14. The Hall–Kier alpha value is -1.88. The fourth-order valence-electron chi connectivity index (χ4n) is 2.77. The minimum atomic E-state index is 0.143. The van der Waals surface area contributed by atoms with Crippen LogP contribution in [-0.4, -0.2) is 56.1 Å². The van der Waals surface area contributed by atoms with E-state index in [0.29, 0.717) is 12.6 Å². The Balaban J connectivity index is 1.45.